The van der Waals surface area contributed by atoms with Crippen molar-refractivity contribution in [2.24, 2.45) is 5.92 Å². The van der Waals surface area contributed by atoms with Gasteiger partial charge in [-0.05, 0) is 30.5 Å². The highest BCUT2D eigenvalue weighted by atomic mass is 19.4. The Morgan fingerprint density at radius 1 is 1.35 bits per heavy atom. The van der Waals surface area contributed by atoms with Crippen LogP contribution in [0.1, 0.15) is 37.0 Å². The minimum absolute atomic E-state index is 0.127. The van der Waals surface area contributed by atoms with Crippen molar-refractivity contribution in [1.82, 2.24) is 0 Å². The number of benzene rings is 1. The molecule has 112 valence electrons. The van der Waals surface area contributed by atoms with E-state index in [-0.39, 0.29) is 24.0 Å². The Balaban J connectivity index is 2.32. The fraction of sp³-hybridized carbons (Fsp3) is 0.571. The Morgan fingerprint density at radius 3 is 2.50 bits per heavy atom. The maximum atomic E-state index is 13.0. The summed E-state index contributed by atoms with van der Waals surface area (Å²) in [6, 6.07) is 3.54. The summed E-state index contributed by atoms with van der Waals surface area (Å²) in [6.07, 6.45) is -4.28. The van der Waals surface area contributed by atoms with Crippen molar-refractivity contribution >= 4 is 0 Å². The van der Waals surface area contributed by atoms with Gasteiger partial charge >= 0.3 is 6.18 Å². The molecule has 1 aromatic rings. The first-order valence-electron chi connectivity index (χ1n) is 6.49. The van der Waals surface area contributed by atoms with Gasteiger partial charge in [0.15, 0.2) is 0 Å². The van der Waals surface area contributed by atoms with Crippen LogP contribution < -0.4 is 4.74 Å². The fourth-order valence-electron chi connectivity index (χ4n) is 1.85. The third-order valence-electron chi connectivity index (χ3n) is 3.30. The maximum absolute atomic E-state index is 13.0. The highest BCUT2D eigenvalue weighted by molar-refractivity contribution is 5.40. The molecule has 0 spiro atoms. The van der Waals surface area contributed by atoms with Crippen molar-refractivity contribution in [3.05, 3.63) is 29.3 Å². The second kappa shape index (κ2) is 5.61. The van der Waals surface area contributed by atoms with E-state index in [9.17, 15) is 18.3 Å². The van der Waals surface area contributed by atoms with Crippen molar-refractivity contribution in [2.45, 2.75) is 38.1 Å². The van der Waals surface area contributed by atoms with E-state index in [1.807, 2.05) is 0 Å². The van der Waals surface area contributed by atoms with Crippen LogP contribution in [0, 0.1) is 5.92 Å². The van der Waals surface area contributed by atoms with Gasteiger partial charge in [-0.3, -0.25) is 0 Å². The smallest absolute Gasteiger partial charge is 0.419 e. The van der Waals surface area contributed by atoms with Gasteiger partial charge in [-0.1, -0.05) is 13.0 Å². The molecule has 0 aliphatic heterocycles. The van der Waals surface area contributed by atoms with Crippen LogP contribution in [0.2, 0.25) is 0 Å². The van der Waals surface area contributed by atoms with Gasteiger partial charge in [-0.2, -0.15) is 13.2 Å². The topological polar surface area (TPSA) is 49.7 Å². The lowest BCUT2D eigenvalue weighted by atomic mass is 9.96. The number of ether oxygens (including phenoxy) is 1. The number of hydrogen-bond acceptors (Lipinski definition) is 3. The van der Waals surface area contributed by atoms with E-state index in [1.54, 1.807) is 6.92 Å². The van der Waals surface area contributed by atoms with Gasteiger partial charge in [-0.15, -0.1) is 0 Å². The van der Waals surface area contributed by atoms with Gasteiger partial charge in [0.05, 0.1) is 17.8 Å². The molecule has 1 unspecified atom stereocenters. The molecule has 0 radical (unpaired) electrons. The maximum Gasteiger partial charge on any atom is 0.419 e. The number of rotatable bonds is 5. The third kappa shape index (κ3) is 3.43. The molecule has 2 rings (SSSR count). The molecule has 1 saturated carbocycles. The van der Waals surface area contributed by atoms with E-state index in [4.69, 9.17) is 9.84 Å². The highest BCUT2D eigenvalue weighted by Crippen LogP contribution is 2.40. The molecule has 3 nitrogen and oxygen atoms in total. The number of alkyl halides is 3. The summed E-state index contributed by atoms with van der Waals surface area (Å²) in [6.45, 7) is 1.26. The average Bonchev–Trinajstić information content (AvgIpc) is 3.20. The quantitative estimate of drug-likeness (QED) is 0.876. The predicted octanol–water partition coefficient (Wildman–Crippen LogP) is 2.91. The molecule has 2 atom stereocenters. The Bertz CT molecular complexity index is 469. The van der Waals surface area contributed by atoms with Crippen molar-refractivity contribution in [1.29, 1.82) is 0 Å². The van der Waals surface area contributed by atoms with Gasteiger partial charge in [0.2, 0.25) is 0 Å². The number of aliphatic hydroxyl groups is 2. The molecule has 1 aromatic carbocycles. The lowest BCUT2D eigenvalue weighted by molar-refractivity contribution is -0.139. The third-order valence-corrected chi connectivity index (χ3v) is 3.30. The molecule has 0 amide bonds. The van der Waals surface area contributed by atoms with E-state index >= 15 is 0 Å². The Labute approximate surface area is 115 Å². The first-order chi connectivity index (χ1) is 9.32. The summed E-state index contributed by atoms with van der Waals surface area (Å²) in [5.41, 5.74) is -0.756. The lowest BCUT2D eigenvalue weighted by Gasteiger charge is -2.20. The second-order valence-electron chi connectivity index (χ2n) is 5.18. The first-order valence-corrected chi connectivity index (χ1v) is 6.49. The SMILES string of the molecule is C[C@H](CO)C(O)c1ccc(OC2CC2)c(C(F)(F)F)c1. The van der Waals surface area contributed by atoms with E-state index in [1.165, 1.54) is 12.1 Å². The molecular weight excluding hydrogens is 273 g/mol. The summed E-state index contributed by atoms with van der Waals surface area (Å²) in [5, 5.41) is 18.9. The molecule has 1 fully saturated rings. The molecule has 0 heterocycles. The molecular formula is C14H17F3O3. The molecule has 2 N–H and O–H groups in total. The van der Waals surface area contributed by atoms with E-state index in [2.05, 4.69) is 0 Å². The zero-order valence-corrected chi connectivity index (χ0v) is 11.0. The van der Waals surface area contributed by atoms with Crippen molar-refractivity contribution in [3.63, 3.8) is 0 Å². The van der Waals surface area contributed by atoms with Gasteiger partial charge < -0.3 is 14.9 Å². The van der Waals surface area contributed by atoms with Gasteiger partial charge in [0.1, 0.15) is 5.75 Å². The zero-order chi connectivity index (χ0) is 14.9. The summed E-state index contributed by atoms with van der Waals surface area (Å²) >= 11 is 0. The number of halogens is 3. The molecule has 0 aromatic heterocycles. The zero-order valence-electron chi connectivity index (χ0n) is 11.0. The Morgan fingerprint density at radius 2 is 2.00 bits per heavy atom. The standard InChI is InChI=1S/C14H17F3O3/c1-8(7-18)13(19)9-2-5-12(20-10-3-4-10)11(6-9)14(15,16)17/h2,5-6,8,10,13,18-19H,3-4,7H2,1H3/t8-,13?/m1/s1. The van der Waals surface area contributed by atoms with Crippen molar-refractivity contribution in [3.8, 4) is 5.75 Å². The molecule has 0 saturated heterocycles. The number of aliphatic hydroxyl groups excluding tert-OH is 2. The lowest BCUT2D eigenvalue weighted by Crippen LogP contribution is -2.15. The van der Waals surface area contributed by atoms with Crippen LogP contribution in [-0.2, 0) is 6.18 Å². The van der Waals surface area contributed by atoms with E-state index in [0.29, 0.717) is 0 Å². The molecule has 6 heteroatoms. The molecule has 1 aliphatic rings. The van der Waals surface area contributed by atoms with Crippen LogP contribution in [0.4, 0.5) is 13.2 Å². The van der Waals surface area contributed by atoms with Crippen LogP contribution in [0.15, 0.2) is 18.2 Å². The highest BCUT2D eigenvalue weighted by Gasteiger charge is 2.37. The average molecular weight is 290 g/mol. The number of hydrogen-bond donors (Lipinski definition) is 2. The summed E-state index contributed by atoms with van der Waals surface area (Å²) in [4.78, 5) is 0. The van der Waals surface area contributed by atoms with Crippen LogP contribution in [0.3, 0.4) is 0 Å². The Hall–Kier alpha value is -1.27. The van der Waals surface area contributed by atoms with Gasteiger partial charge in [0, 0.05) is 12.5 Å². The molecule has 20 heavy (non-hydrogen) atoms. The van der Waals surface area contributed by atoms with Crippen LogP contribution in [0.25, 0.3) is 0 Å². The predicted molar refractivity (Wildman–Crippen MR) is 66.3 cm³/mol. The molecule has 0 bridgehead atoms. The van der Waals surface area contributed by atoms with Crippen LogP contribution in [-0.4, -0.2) is 22.9 Å². The minimum Gasteiger partial charge on any atom is -0.490 e. The largest absolute Gasteiger partial charge is 0.490 e. The van der Waals surface area contributed by atoms with Crippen LogP contribution in [0.5, 0.6) is 5.75 Å². The van der Waals surface area contributed by atoms with Crippen molar-refractivity contribution < 1.29 is 28.1 Å². The molecule has 1 aliphatic carbocycles. The summed E-state index contributed by atoms with van der Waals surface area (Å²) < 4.78 is 44.4. The summed E-state index contributed by atoms with van der Waals surface area (Å²) in [5.74, 6) is -0.737. The fourth-order valence-corrected chi connectivity index (χ4v) is 1.85. The normalized spacial score (nSPS) is 18.7. The summed E-state index contributed by atoms with van der Waals surface area (Å²) in [7, 11) is 0. The van der Waals surface area contributed by atoms with Gasteiger partial charge in [-0.25, -0.2) is 0 Å². The second-order valence-corrected chi connectivity index (χ2v) is 5.18. The Kier molecular flexibility index (Phi) is 4.25. The van der Waals surface area contributed by atoms with Crippen LogP contribution >= 0.6 is 0 Å². The van der Waals surface area contributed by atoms with E-state index < -0.39 is 23.8 Å². The minimum atomic E-state index is -4.54. The van der Waals surface area contributed by atoms with Crippen molar-refractivity contribution in [2.75, 3.05) is 6.61 Å². The van der Waals surface area contributed by atoms with Gasteiger partial charge in [0.25, 0.3) is 0 Å². The first kappa shape index (κ1) is 15.1. The monoisotopic (exact) mass is 290 g/mol. The van der Waals surface area contributed by atoms with E-state index in [0.717, 1.165) is 18.9 Å².